The quantitative estimate of drug-likeness (QED) is 0.460. The Morgan fingerprint density at radius 3 is 2.32 bits per heavy atom. The van der Waals surface area contributed by atoms with E-state index >= 15 is 0 Å². The Labute approximate surface area is 224 Å². The highest BCUT2D eigenvalue weighted by Gasteiger charge is 2.47. The van der Waals surface area contributed by atoms with Crippen LogP contribution in [0.1, 0.15) is 80.8 Å². The summed E-state index contributed by atoms with van der Waals surface area (Å²) < 4.78 is 58.1. The van der Waals surface area contributed by atoms with Crippen LogP contribution in [-0.2, 0) is 24.4 Å². The molecule has 0 saturated heterocycles. The number of hydrogen-bond donors (Lipinski definition) is 1. The molecule has 0 atom stereocenters. The Hall–Kier alpha value is -2.27. The molecule has 0 aromatic carbocycles. The first kappa shape index (κ1) is 31.0. The van der Waals surface area contributed by atoms with Crippen molar-refractivity contribution >= 4 is 29.1 Å². The van der Waals surface area contributed by atoms with Gasteiger partial charge in [-0.05, 0) is 49.1 Å². The number of amides is 1. The zero-order chi connectivity index (χ0) is 28.0. The van der Waals surface area contributed by atoms with Crippen molar-refractivity contribution < 1.29 is 26.4 Å². The number of halogens is 4. The second-order valence-electron chi connectivity index (χ2n) is 10.3. The Morgan fingerprint density at radius 1 is 1.22 bits per heavy atom. The number of hydrogen-bond acceptors (Lipinski definition) is 5. The summed E-state index contributed by atoms with van der Waals surface area (Å²) in [6.45, 7) is 8.87. The highest BCUT2D eigenvalue weighted by molar-refractivity contribution is 7.51. The predicted molar refractivity (Wildman–Crippen MR) is 136 cm³/mol. The topological polar surface area (TPSA) is 93.9 Å². The molecule has 1 aliphatic carbocycles. The second kappa shape index (κ2) is 13.0. The van der Waals surface area contributed by atoms with E-state index in [2.05, 4.69) is 22.2 Å². The standard InChI is InChI=1S/C25H34ClF3N4O.O2S/c1-6-19-32-20(23(34)31-13-17-9-7-15(2)8-10-17)21(26)33(19)22-16(3)11-18(14-30-22)12-24(4,5)25(27,28)29;1-3-2/h11,14-15,17H,6-10,12-13H2,1-5H3,(H,31,34);. The Morgan fingerprint density at radius 2 is 1.81 bits per heavy atom. The number of pyridine rings is 1. The van der Waals surface area contributed by atoms with Gasteiger partial charge in [0, 0.05) is 19.2 Å². The molecule has 2 heterocycles. The Bertz CT molecular complexity index is 1120. The fraction of sp³-hybridized carbons (Fsp3) is 0.640. The predicted octanol–water partition coefficient (Wildman–Crippen LogP) is 5.81. The number of rotatable bonds is 7. The highest BCUT2D eigenvalue weighted by atomic mass is 35.5. The minimum atomic E-state index is -4.32. The molecule has 0 unspecified atom stereocenters. The summed E-state index contributed by atoms with van der Waals surface area (Å²) in [7, 11) is 0. The van der Waals surface area contributed by atoms with Gasteiger partial charge in [-0.3, -0.25) is 9.36 Å². The van der Waals surface area contributed by atoms with Gasteiger partial charge in [-0.2, -0.15) is 21.6 Å². The van der Waals surface area contributed by atoms with Crippen LogP contribution in [0.4, 0.5) is 13.2 Å². The van der Waals surface area contributed by atoms with Crippen molar-refractivity contribution in [3.05, 3.63) is 40.1 Å². The van der Waals surface area contributed by atoms with Crippen LogP contribution in [0, 0.1) is 24.2 Å². The first-order valence-electron chi connectivity index (χ1n) is 12.2. The third kappa shape index (κ3) is 7.86. The van der Waals surface area contributed by atoms with Crippen LogP contribution in [0.5, 0.6) is 0 Å². The average molecular weight is 563 g/mol. The van der Waals surface area contributed by atoms with Crippen molar-refractivity contribution in [3.63, 3.8) is 0 Å². The maximum atomic E-state index is 13.3. The van der Waals surface area contributed by atoms with E-state index in [1.807, 2.05) is 6.92 Å². The fourth-order valence-electron chi connectivity index (χ4n) is 4.46. The Balaban J connectivity index is 0.00000153. The SMILES string of the molecule is CCc1nc(C(=O)NCC2CCC(C)CC2)c(Cl)n1-c1ncc(CC(C)(C)C(F)(F)F)cc1C.O=S=O. The number of aryl methyl sites for hydroxylation is 2. The van der Waals surface area contributed by atoms with Crippen molar-refractivity contribution in [3.8, 4) is 5.82 Å². The molecule has 0 spiro atoms. The van der Waals surface area contributed by atoms with Crippen LogP contribution in [-0.4, -0.2) is 41.6 Å². The van der Waals surface area contributed by atoms with Gasteiger partial charge in [-0.15, -0.1) is 0 Å². The molecule has 37 heavy (non-hydrogen) atoms. The van der Waals surface area contributed by atoms with Gasteiger partial charge in [0.1, 0.15) is 16.8 Å². The third-order valence-electron chi connectivity index (χ3n) is 6.84. The molecular weight excluding hydrogens is 529 g/mol. The number of imidazole rings is 1. The minimum absolute atomic E-state index is 0.145. The van der Waals surface area contributed by atoms with Gasteiger partial charge in [0.15, 0.2) is 5.69 Å². The molecule has 1 N–H and O–H groups in total. The van der Waals surface area contributed by atoms with Gasteiger partial charge >= 0.3 is 17.7 Å². The molecule has 3 rings (SSSR count). The van der Waals surface area contributed by atoms with Crippen LogP contribution in [0.2, 0.25) is 5.15 Å². The maximum Gasteiger partial charge on any atom is 0.394 e. The van der Waals surface area contributed by atoms with Crippen LogP contribution >= 0.6 is 11.6 Å². The summed E-state index contributed by atoms with van der Waals surface area (Å²) in [6, 6.07) is 1.69. The first-order chi connectivity index (χ1) is 17.2. The zero-order valence-electron chi connectivity index (χ0n) is 21.7. The molecular formula is C25H34ClF3N4O3S. The summed E-state index contributed by atoms with van der Waals surface area (Å²) in [5.74, 6) is 1.91. The van der Waals surface area contributed by atoms with Crippen LogP contribution in [0.3, 0.4) is 0 Å². The summed E-state index contributed by atoms with van der Waals surface area (Å²) in [4.78, 5) is 21.8. The Kier molecular flexibility index (Phi) is 10.9. The number of nitrogens with zero attached hydrogens (tertiary/aromatic N) is 3. The molecule has 0 radical (unpaired) electrons. The molecule has 2 aromatic rings. The number of carbonyl (C=O) groups excluding carboxylic acids is 1. The van der Waals surface area contributed by atoms with E-state index in [4.69, 9.17) is 20.0 Å². The van der Waals surface area contributed by atoms with Gasteiger partial charge < -0.3 is 5.32 Å². The van der Waals surface area contributed by atoms with Gasteiger partial charge in [-0.1, -0.05) is 58.2 Å². The van der Waals surface area contributed by atoms with E-state index in [0.717, 1.165) is 18.8 Å². The molecule has 7 nitrogen and oxygen atoms in total. The zero-order valence-corrected chi connectivity index (χ0v) is 23.3. The molecule has 0 bridgehead atoms. The van der Waals surface area contributed by atoms with E-state index in [1.165, 1.54) is 32.9 Å². The largest absolute Gasteiger partial charge is 0.394 e. The van der Waals surface area contributed by atoms with Crippen LogP contribution in [0.15, 0.2) is 12.3 Å². The van der Waals surface area contributed by atoms with Crippen molar-refractivity contribution in [1.82, 2.24) is 19.9 Å². The molecule has 1 saturated carbocycles. The third-order valence-corrected chi connectivity index (χ3v) is 7.19. The lowest BCUT2D eigenvalue weighted by Gasteiger charge is -2.27. The smallest absolute Gasteiger partial charge is 0.350 e. The van der Waals surface area contributed by atoms with Gasteiger partial charge in [-0.25, -0.2) is 9.97 Å². The molecule has 2 aromatic heterocycles. The molecule has 1 fully saturated rings. The number of nitrogens with one attached hydrogen (secondary N) is 1. The fourth-order valence-corrected chi connectivity index (χ4v) is 4.77. The second-order valence-corrected chi connectivity index (χ2v) is 10.8. The number of alkyl halides is 3. The van der Waals surface area contributed by atoms with E-state index in [1.54, 1.807) is 17.6 Å². The van der Waals surface area contributed by atoms with Crippen LogP contribution < -0.4 is 5.32 Å². The van der Waals surface area contributed by atoms with E-state index in [0.29, 0.717) is 41.7 Å². The monoisotopic (exact) mass is 562 g/mol. The highest BCUT2D eigenvalue weighted by Crippen LogP contribution is 2.40. The number of carbonyl (C=O) groups is 1. The lowest BCUT2D eigenvalue weighted by molar-refractivity contribution is -0.211. The van der Waals surface area contributed by atoms with Crippen molar-refractivity contribution in [2.75, 3.05) is 6.54 Å². The van der Waals surface area contributed by atoms with Crippen molar-refractivity contribution in [2.45, 2.75) is 79.3 Å². The van der Waals surface area contributed by atoms with Gasteiger partial charge in [0.25, 0.3) is 5.91 Å². The average Bonchev–Trinajstić information content (AvgIpc) is 3.14. The molecule has 0 aliphatic heterocycles. The van der Waals surface area contributed by atoms with Crippen molar-refractivity contribution in [1.29, 1.82) is 0 Å². The van der Waals surface area contributed by atoms with E-state index in [9.17, 15) is 18.0 Å². The lowest BCUT2D eigenvalue weighted by Crippen LogP contribution is -2.34. The first-order valence-corrected chi connectivity index (χ1v) is 13.3. The summed E-state index contributed by atoms with van der Waals surface area (Å²) in [5.41, 5.74) is -0.581. The summed E-state index contributed by atoms with van der Waals surface area (Å²) in [6.07, 6.45) is 2.01. The van der Waals surface area contributed by atoms with Crippen molar-refractivity contribution in [2.24, 2.45) is 17.3 Å². The lowest BCUT2D eigenvalue weighted by atomic mass is 9.83. The minimum Gasteiger partial charge on any atom is -0.350 e. The van der Waals surface area contributed by atoms with Crippen LogP contribution in [0.25, 0.3) is 5.82 Å². The normalized spacial score (nSPS) is 18.1. The molecule has 1 aliphatic rings. The summed E-state index contributed by atoms with van der Waals surface area (Å²) in [5, 5.41) is 3.14. The van der Waals surface area contributed by atoms with E-state index < -0.39 is 23.2 Å². The molecule has 206 valence electrons. The molecule has 12 heteroatoms. The van der Waals surface area contributed by atoms with E-state index in [-0.39, 0.29) is 23.2 Å². The maximum absolute atomic E-state index is 13.3. The molecule has 1 amide bonds. The summed E-state index contributed by atoms with van der Waals surface area (Å²) >= 11 is 5.86. The van der Waals surface area contributed by atoms with Gasteiger partial charge in [0.05, 0.1) is 5.41 Å². The number of aromatic nitrogens is 3. The van der Waals surface area contributed by atoms with Gasteiger partial charge in [0.2, 0.25) is 0 Å².